The first-order valence-electron chi connectivity index (χ1n) is 9.52. The Balaban J connectivity index is 1.46. The molecule has 1 amide bonds. The van der Waals surface area contributed by atoms with Gasteiger partial charge in [0.2, 0.25) is 0 Å². The molecule has 1 aromatic heterocycles. The van der Waals surface area contributed by atoms with E-state index >= 15 is 0 Å². The van der Waals surface area contributed by atoms with E-state index in [0.29, 0.717) is 19.7 Å². The molecule has 3 N–H and O–H groups in total. The summed E-state index contributed by atoms with van der Waals surface area (Å²) < 4.78 is 11.3. The van der Waals surface area contributed by atoms with Gasteiger partial charge in [0, 0.05) is 5.56 Å². The van der Waals surface area contributed by atoms with Crippen molar-refractivity contribution in [2.45, 2.75) is 19.9 Å². The number of carbonyl (C=O) groups excluding carboxylic acids is 1. The number of amides is 1. The van der Waals surface area contributed by atoms with E-state index < -0.39 is 0 Å². The molecule has 3 rings (SSSR count). The molecule has 1 atom stereocenters. The van der Waals surface area contributed by atoms with Crippen LogP contribution in [-0.2, 0) is 4.79 Å². The van der Waals surface area contributed by atoms with Crippen molar-refractivity contribution in [1.82, 2.24) is 5.32 Å². The molecule has 5 nitrogen and oxygen atoms in total. The second-order valence-electron chi connectivity index (χ2n) is 6.81. The smallest absolute Gasteiger partial charge is 0.275 e. The van der Waals surface area contributed by atoms with Crippen LogP contribution in [0.1, 0.15) is 28.5 Å². The molecule has 0 bridgehead atoms. The fraction of sp³-hybridized carbons (Fsp3) is 0.261. The lowest BCUT2D eigenvalue weighted by atomic mass is 10.0. The van der Waals surface area contributed by atoms with Gasteiger partial charge in [-0.05, 0) is 37.6 Å². The van der Waals surface area contributed by atoms with E-state index in [0.717, 1.165) is 22.6 Å². The van der Waals surface area contributed by atoms with Gasteiger partial charge >= 0.3 is 0 Å². The number of nitrogens with two attached hydrogens (primary N) is 1. The standard InChI is InChI=1S/C23H26N2O3/c1-17-10-11-20(18(2)15-17)28-14-12-24-22(26)16-25-23(21-9-6-13-27-21)19-7-4-3-5-8-19/h3-11,13,15,23,25H,12,14,16H2,1-2H3,(H,24,26)/p+1/t23-/m0/s1. The summed E-state index contributed by atoms with van der Waals surface area (Å²) in [5.41, 5.74) is 3.41. The van der Waals surface area contributed by atoms with Crippen molar-refractivity contribution >= 4 is 5.91 Å². The molecule has 3 aromatic rings. The zero-order valence-corrected chi connectivity index (χ0v) is 16.4. The van der Waals surface area contributed by atoms with Gasteiger partial charge in [0.1, 0.15) is 12.4 Å². The van der Waals surface area contributed by atoms with E-state index in [1.807, 2.05) is 66.8 Å². The fourth-order valence-electron chi connectivity index (χ4n) is 3.15. The van der Waals surface area contributed by atoms with E-state index in [1.54, 1.807) is 6.26 Å². The molecule has 0 aliphatic rings. The number of benzene rings is 2. The summed E-state index contributed by atoms with van der Waals surface area (Å²) in [5.74, 6) is 1.65. The molecule has 2 aromatic carbocycles. The van der Waals surface area contributed by atoms with Crippen LogP contribution in [-0.4, -0.2) is 25.6 Å². The Morgan fingerprint density at radius 1 is 1.11 bits per heavy atom. The lowest BCUT2D eigenvalue weighted by Gasteiger charge is -2.14. The number of hydrogen-bond donors (Lipinski definition) is 2. The van der Waals surface area contributed by atoms with Gasteiger partial charge in [-0.2, -0.15) is 0 Å². The predicted molar refractivity (Wildman–Crippen MR) is 108 cm³/mol. The number of nitrogens with one attached hydrogen (secondary N) is 1. The molecule has 0 fully saturated rings. The average Bonchev–Trinajstić information content (AvgIpc) is 3.22. The molecule has 0 unspecified atom stereocenters. The number of carbonyl (C=O) groups is 1. The van der Waals surface area contributed by atoms with Crippen LogP contribution in [0.5, 0.6) is 5.75 Å². The van der Waals surface area contributed by atoms with Crippen molar-refractivity contribution in [2.24, 2.45) is 0 Å². The maximum absolute atomic E-state index is 12.2. The molecule has 1 heterocycles. The summed E-state index contributed by atoms with van der Waals surface area (Å²) in [7, 11) is 0. The summed E-state index contributed by atoms with van der Waals surface area (Å²) in [4.78, 5) is 12.2. The minimum Gasteiger partial charge on any atom is -0.491 e. The molecule has 28 heavy (non-hydrogen) atoms. The number of rotatable bonds is 9. The predicted octanol–water partition coefficient (Wildman–Crippen LogP) is 2.74. The molecular weight excluding hydrogens is 352 g/mol. The Kier molecular flexibility index (Phi) is 6.87. The van der Waals surface area contributed by atoms with Crippen LogP contribution in [0.4, 0.5) is 0 Å². The number of ether oxygens (including phenoxy) is 1. The van der Waals surface area contributed by atoms with Crippen molar-refractivity contribution in [1.29, 1.82) is 0 Å². The van der Waals surface area contributed by atoms with Gasteiger partial charge in [-0.3, -0.25) is 4.79 Å². The molecule has 0 aliphatic carbocycles. The summed E-state index contributed by atoms with van der Waals surface area (Å²) in [6, 6.07) is 19.9. The SMILES string of the molecule is Cc1ccc(OCCNC(=O)C[NH2+][C@@H](c2ccccc2)c2ccco2)c(C)c1. The molecule has 0 radical (unpaired) electrons. The van der Waals surface area contributed by atoms with E-state index in [1.165, 1.54) is 5.56 Å². The average molecular weight is 379 g/mol. The van der Waals surface area contributed by atoms with E-state index in [2.05, 4.69) is 18.3 Å². The maximum atomic E-state index is 12.2. The number of furan rings is 1. The Morgan fingerprint density at radius 3 is 2.64 bits per heavy atom. The van der Waals surface area contributed by atoms with Gasteiger partial charge in [0.25, 0.3) is 5.91 Å². The van der Waals surface area contributed by atoms with Crippen molar-refractivity contribution < 1.29 is 19.3 Å². The third-order valence-electron chi connectivity index (χ3n) is 4.56. The molecule has 0 aliphatic heterocycles. The molecule has 146 valence electrons. The van der Waals surface area contributed by atoms with Crippen molar-refractivity contribution in [3.05, 3.63) is 89.4 Å². The van der Waals surface area contributed by atoms with Gasteiger partial charge in [-0.25, -0.2) is 0 Å². The highest BCUT2D eigenvalue weighted by Gasteiger charge is 2.21. The molecule has 0 saturated heterocycles. The first kappa shape index (κ1) is 19.7. The number of hydrogen-bond acceptors (Lipinski definition) is 3. The van der Waals surface area contributed by atoms with Gasteiger partial charge in [-0.15, -0.1) is 0 Å². The van der Waals surface area contributed by atoms with Gasteiger partial charge in [0.05, 0.1) is 12.8 Å². The molecule has 0 spiro atoms. The monoisotopic (exact) mass is 379 g/mol. The van der Waals surface area contributed by atoms with E-state index in [9.17, 15) is 4.79 Å². The van der Waals surface area contributed by atoms with Crippen LogP contribution in [0.25, 0.3) is 0 Å². The van der Waals surface area contributed by atoms with Gasteiger partial charge < -0.3 is 19.8 Å². The minimum absolute atomic E-state index is 0.0308. The molecular formula is C23H27N2O3+. The highest BCUT2D eigenvalue weighted by molar-refractivity contribution is 5.76. The summed E-state index contributed by atoms with van der Waals surface area (Å²) in [6.07, 6.45) is 1.66. The second kappa shape index (κ2) is 9.76. The van der Waals surface area contributed by atoms with Crippen LogP contribution >= 0.6 is 0 Å². The third kappa shape index (κ3) is 5.47. The highest BCUT2D eigenvalue weighted by Crippen LogP contribution is 2.19. The maximum Gasteiger partial charge on any atom is 0.275 e. The van der Waals surface area contributed by atoms with E-state index in [-0.39, 0.29) is 11.9 Å². The summed E-state index contributed by atoms with van der Waals surface area (Å²) in [5, 5.41) is 4.89. The Bertz CT molecular complexity index is 876. The van der Waals surface area contributed by atoms with Crippen LogP contribution in [0, 0.1) is 13.8 Å². The van der Waals surface area contributed by atoms with Gasteiger partial charge in [-0.1, -0.05) is 48.0 Å². The highest BCUT2D eigenvalue weighted by atomic mass is 16.5. The first-order chi connectivity index (χ1) is 13.6. The quantitative estimate of drug-likeness (QED) is 0.562. The Labute approximate surface area is 165 Å². The van der Waals surface area contributed by atoms with Crippen LogP contribution in [0.3, 0.4) is 0 Å². The topological polar surface area (TPSA) is 68.1 Å². The normalized spacial score (nSPS) is 11.8. The Hall–Kier alpha value is -3.05. The number of quaternary nitrogens is 1. The summed E-state index contributed by atoms with van der Waals surface area (Å²) in [6.45, 7) is 5.30. The van der Waals surface area contributed by atoms with E-state index in [4.69, 9.17) is 9.15 Å². The Morgan fingerprint density at radius 2 is 1.93 bits per heavy atom. The lowest BCUT2D eigenvalue weighted by Crippen LogP contribution is -2.87. The van der Waals surface area contributed by atoms with Gasteiger partial charge in [0.15, 0.2) is 18.3 Å². The first-order valence-corrected chi connectivity index (χ1v) is 9.52. The van der Waals surface area contributed by atoms with Crippen LogP contribution in [0.15, 0.2) is 71.3 Å². The lowest BCUT2D eigenvalue weighted by molar-refractivity contribution is -0.678. The zero-order chi connectivity index (χ0) is 19.8. The van der Waals surface area contributed by atoms with Crippen molar-refractivity contribution in [3.8, 4) is 5.75 Å². The minimum atomic E-state index is -0.0478. The second-order valence-corrected chi connectivity index (χ2v) is 6.81. The molecule has 0 saturated carbocycles. The van der Waals surface area contributed by atoms with Crippen molar-refractivity contribution in [2.75, 3.05) is 19.7 Å². The zero-order valence-electron chi connectivity index (χ0n) is 16.4. The number of aryl methyl sites for hydroxylation is 2. The van der Waals surface area contributed by atoms with Crippen LogP contribution < -0.4 is 15.4 Å². The van der Waals surface area contributed by atoms with Crippen LogP contribution in [0.2, 0.25) is 0 Å². The third-order valence-corrected chi connectivity index (χ3v) is 4.56. The largest absolute Gasteiger partial charge is 0.491 e. The fourth-order valence-corrected chi connectivity index (χ4v) is 3.15. The summed E-state index contributed by atoms with van der Waals surface area (Å²) >= 11 is 0. The van der Waals surface area contributed by atoms with Crippen molar-refractivity contribution in [3.63, 3.8) is 0 Å². The molecule has 5 heteroatoms.